The highest BCUT2D eigenvalue weighted by molar-refractivity contribution is 6.36. The zero-order valence-electron chi connectivity index (χ0n) is 16.0. The number of nitrogens with two attached hydrogens (primary N) is 2. The van der Waals surface area contributed by atoms with Gasteiger partial charge in [0.25, 0.3) is 0 Å². The number of hydrogen-bond acceptors (Lipinski definition) is 7. The molecule has 1 aromatic carbocycles. The standard InChI is InChI=1S/C12H10Cl2FN3O.C6H7N3O3/c1-6(19-9-4-5-17-18-12(9)16)10-7(13)2-3-8(15)11(10)14;7-5(10)4-1-8-3-9(2-4)6(11)12/h2-6H,1H3,(H2,16,18);1,3H,2H2,(H2,7,10)(H,11,12). The van der Waals surface area contributed by atoms with Crippen molar-refractivity contribution in [3.8, 4) is 5.75 Å². The summed E-state index contributed by atoms with van der Waals surface area (Å²) in [6.07, 6.45) is 2.07. The molecule has 2 amide bonds. The van der Waals surface area contributed by atoms with Crippen LogP contribution in [-0.2, 0) is 4.79 Å². The maximum Gasteiger partial charge on any atom is 0.412 e. The number of halogens is 3. The van der Waals surface area contributed by atoms with Gasteiger partial charge in [0.1, 0.15) is 18.3 Å². The fourth-order valence-corrected chi connectivity index (χ4v) is 3.00. The Morgan fingerprint density at radius 3 is 2.65 bits per heavy atom. The van der Waals surface area contributed by atoms with Crippen LogP contribution >= 0.6 is 23.2 Å². The highest BCUT2D eigenvalue weighted by Crippen LogP contribution is 2.35. The summed E-state index contributed by atoms with van der Waals surface area (Å²) in [7, 11) is 0. The van der Waals surface area contributed by atoms with E-state index in [1.807, 2.05) is 0 Å². The second-order valence-corrected chi connectivity index (χ2v) is 6.78. The predicted molar refractivity (Wildman–Crippen MR) is 112 cm³/mol. The zero-order chi connectivity index (χ0) is 23.1. The van der Waals surface area contributed by atoms with Crippen LogP contribution in [-0.4, -0.2) is 45.1 Å². The van der Waals surface area contributed by atoms with Gasteiger partial charge in [0.05, 0.1) is 23.3 Å². The first-order chi connectivity index (χ1) is 14.6. The van der Waals surface area contributed by atoms with Crippen molar-refractivity contribution >= 4 is 47.4 Å². The van der Waals surface area contributed by atoms with E-state index >= 15 is 0 Å². The van der Waals surface area contributed by atoms with Crippen molar-refractivity contribution in [2.24, 2.45) is 10.7 Å². The van der Waals surface area contributed by atoms with Crippen molar-refractivity contribution in [3.05, 3.63) is 57.6 Å². The lowest BCUT2D eigenvalue weighted by Gasteiger charge is -2.18. The number of nitrogens with zero attached hydrogens (tertiary/aromatic N) is 4. The summed E-state index contributed by atoms with van der Waals surface area (Å²) in [5.74, 6) is -0.743. The molecule has 0 aliphatic carbocycles. The van der Waals surface area contributed by atoms with Gasteiger partial charge in [-0.05, 0) is 19.1 Å². The summed E-state index contributed by atoms with van der Waals surface area (Å²) < 4.78 is 19.0. The van der Waals surface area contributed by atoms with E-state index in [4.69, 9.17) is 44.5 Å². The highest BCUT2D eigenvalue weighted by Gasteiger charge is 2.19. The molecule has 31 heavy (non-hydrogen) atoms. The highest BCUT2D eigenvalue weighted by atomic mass is 35.5. The predicted octanol–water partition coefficient (Wildman–Crippen LogP) is 3.02. The molecule has 0 bridgehead atoms. The van der Waals surface area contributed by atoms with Gasteiger partial charge in [-0.3, -0.25) is 9.69 Å². The number of nitrogen functional groups attached to an aromatic ring is 1. The van der Waals surface area contributed by atoms with Gasteiger partial charge in [0.2, 0.25) is 5.91 Å². The second kappa shape index (κ2) is 10.5. The minimum atomic E-state index is -1.16. The molecule has 1 aliphatic rings. The maximum absolute atomic E-state index is 13.4. The minimum absolute atomic E-state index is 0.0336. The summed E-state index contributed by atoms with van der Waals surface area (Å²) in [6.45, 7) is 1.65. The second-order valence-electron chi connectivity index (χ2n) is 5.99. The largest absolute Gasteiger partial charge is 0.482 e. The van der Waals surface area contributed by atoms with Crippen LogP contribution in [0, 0.1) is 5.82 Å². The van der Waals surface area contributed by atoms with Crippen molar-refractivity contribution < 1.29 is 23.8 Å². The number of benzene rings is 1. The van der Waals surface area contributed by atoms with Crippen molar-refractivity contribution in [2.75, 3.05) is 12.3 Å². The molecule has 164 valence electrons. The number of anilines is 1. The maximum atomic E-state index is 13.4. The third-order valence-electron chi connectivity index (χ3n) is 3.84. The molecule has 1 aliphatic heterocycles. The van der Waals surface area contributed by atoms with Crippen LogP contribution in [0.15, 0.2) is 41.2 Å². The quantitative estimate of drug-likeness (QED) is 0.579. The summed E-state index contributed by atoms with van der Waals surface area (Å²) >= 11 is 11.9. The Balaban J connectivity index is 0.000000245. The van der Waals surface area contributed by atoms with Crippen LogP contribution in [0.1, 0.15) is 18.6 Å². The molecule has 0 spiro atoms. The molecule has 2 heterocycles. The molecular weight excluding hydrogens is 454 g/mol. The van der Waals surface area contributed by atoms with Gasteiger partial charge in [0, 0.05) is 22.9 Å². The monoisotopic (exact) mass is 470 g/mol. The third-order valence-corrected chi connectivity index (χ3v) is 4.55. The minimum Gasteiger partial charge on any atom is -0.482 e. The number of carboxylic acid groups (broad SMARTS) is 1. The van der Waals surface area contributed by atoms with E-state index in [9.17, 15) is 14.0 Å². The van der Waals surface area contributed by atoms with Gasteiger partial charge in [-0.2, -0.15) is 5.10 Å². The molecular formula is C18H17Cl2FN6O4. The molecule has 1 unspecified atom stereocenters. The Morgan fingerprint density at radius 1 is 1.32 bits per heavy atom. The molecule has 13 heteroatoms. The smallest absolute Gasteiger partial charge is 0.412 e. The van der Waals surface area contributed by atoms with Gasteiger partial charge in [-0.25, -0.2) is 14.2 Å². The summed E-state index contributed by atoms with van der Waals surface area (Å²) in [6, 6.07) is 4.18. The van der Waals surface area contributed by atoms with Crippen LogP contribution in [0.2, 0.25) is 10.0 Å². The first-order valence-corrected chi connectivity index (χ1v) is 9.26. The lowest BCUT2D eigenvalue weighted by atomic mass is 10.1. The molecule has 1 aromatic heterocycles. The number of aromatic nitrogens is 2. The topological polar surface area (TPSA) is 157 Å². The molecule has 10 nitrogen and oxygen atoms in total. The number of ether oxygens (including phenoxy) is 1. The van der Waals surface area contributed by atoms with E-state index in [1.54, 1.807) is 13.0 Å². The van der Waals surface area contributed by atoms with Gasteiger partial charge >= 0.3 is 6.09 Å². The van der Waals surface area contributed by atoms with E-state index in [0.29, 0.717) is 16.3 Å². The molecule has 0 fully saturated rings. The van der Waals surface area contributed by atoms with E-state index in [1.165, 1.54) is 24.5 Å². The number of rotatable bonds is 4. The molecule has 5 N–H and O–H groups in total. The first-order valence-electron chi connectivity index (χ1n) is 8.50. The van der Waals surface area contributed by atoms with Crippen molar-refractivity contribution in [2.45, 2.75) is 13.0 Å². The number of carbonyl (C=O) groups is 2. The first kappa shape index (κ1) is 23.8. The molecule has 2 aromatic rings. The van der Waals surface area contributed by atoms with Crippen LogP contribution in [0.3, 0.4) is 0 Å². The molecule has 0 saturated carbocycles. The number of aliphatic imine (C=N–C) groups is 1. The molecule has 1 atom stereocenters. The van der Waals surface area contributed by atoms with Crippen molar-refractivity contribution in [3.63, 3.8) is 0 Å². The van der Waals surface area contributed by atoms with Gasteiger partial charge < -0.3 is 21.3 Å². The Hall–Kier alpha value is -3.44. The fraction of sp³-hybridized carbons (Fsp3) is 0.167. The fourth-order valence-electron chi connectivity index (χ4n) is 2.32. The zero-order valence-corrected chi connectivity index (χ0v) is 17.5. The van der Waals surface area contributed by atoms with Crippen molar-refractivity contribution in [1.29, 1.82) is 0 Å². The van der Waals surface area contributed by atoms with Crippen LogP contribution < -0.4 is 16.2 Å². The summed E-state index contributed by atoms with van der Waals surface area (Å²) in [4.78, 5) is 25.4. The van der Waals surface area contributed by atoms with Crippen LogP contribution in [0.5, 0.6) is 5.75 Å². The number of amides is 2. The average molecular weight is 471 g/mol. The van der Waals surface area contributed by atoms with E-state index in [-0.39, 0.29) is 23.0 Å². The Bertz CT molecular complexity index is 1050. The lowest BCUT2D eigenvalue weighted by molar-refractivity contribution is -0.114. The number of primary amides is 1. The molecule has 3 rings (SSSR count). The van der Waals surface area contributed by atoms with Gasteiger partial charge in [0.15, 0.2) is 11.6 Å². The van der Waals surface area contributed by atoms with Crippen LogP contribution in [0.4, 0.5) is 15.0 Å². The Kier molecular flexibility index (Phi) is 8.11. The van der Waals surface area contributed by atoms with Crippen LogP contribution in [0.25, 0.3) is 0 Å². The van der Waals surface area contributed by atoms with Gasteiger partial charge in [-0.15, -0.1) is 5.10 Å². The third kappa shape index (κ3) is 6.27. The van der Waals surface area contributed by atoms with E-state index in [2.05, 4.69) is 15.2 Å². The summed E-state index contributed by atoms with van der Waals surface area (Å²) in [5.41, 5.74) is 11.1. The lowest BCUT2D eigenvalue weighted by Crippen LogP contribution is -2.35. The molecule has 0 radical (unpaired) electrons. The molecule has 0 saturated heterocycles. The normalized spacial score (nSPS) is 13.5. The number of carbonyl (C=O) groups excluding carboxylic acids is 1. The summed E-state index contributed by atoms with van der Waals surface area (Å²) in [5, 5.41) is 16.0. The Morgan fingerprint density at radius 2 is 2.03 bits per heavy atom. The van der Waals surface area contributed by atoms with Gasteiger partial charge in [-0.1, -0.05) is 23.2 Å². The van der Waals surface area contributed by atoms with E-state index < -0.39 is 23.9 Å². The average Bonchev–Trinajstić information content (AvgIpc) is 2.73. The number of hydrogen-bond donors (Lipinski definition) is 3. The van der Waals surface area contributed by atoms with E-state index in [0.717, 1.165) is 11.2 Å². The van der Waals surface area contributed by atoms with Crippen molar-refractivity contribution in [1.82, 2.24) is 15.1 Å². The SMILES string of the molecule is CC(Oc1ccnnc1N)c1c(Cl)ccc(F)c1Cl.NC(=O)C1=CN=CN(C(=O)O)C1. The Labute approximate surface area is 185 Å².